The van der Waals surface area contributed by atoms with Crippen LogP contribution in [0.3, 0.4) is 0 Å². The third kappa shape index (κ3) is 3.88. The van der Waals surface area contributed by atoms with Crippen molar-refractivity contribution < 1.29 is 0 Å². The minimum Gasteiger partial charge on any atom is -0.327 e. The molecule has 4 nitrogen and oxygen atoms in total. The summed E-state index contributed by atoms with van der Waals surface area (Å²) in [5.74, 6) is 0. The lowest BCUT2D eigenvalue weighted by Gasteiger charge is -2.31. The Labute approximate surface area is 138 Å². The quantitative estimate of drug-likeness (QED) is 0.946. The van der Waals surface area contributed by atoms with Crippen molar-refractivity contribution in [2.75, 3.05) is 13.1 Å². The Morgan fingerprint density at radius 3 is 2.86 bits per heavy atom. The summed E-state index contributed by atoms with van der Waals surface area (Å²) in [4.78, 5) is 2.47. The van der Waals surface area contributed by atoms with E-state index in [1.165, 1.54) is 28.7 Å². The van der Waals surface area contributed by atoms with Crippen LogP contribution < -0.4 is 5.73 Å². The number of nitrogens with two attached hydrogens (primary N) is 1. The molecule has 120 valence electrons. The Balaban J connectivity index is 0.00000176. The zero-order chi connectivity index (χ0) is 14.8. The Hall–Kier alpha value is -1.36. The normalized spacial score (nSPS) is 19.0. The zero-order valence-corrected chi connectivity index (χ0v) is 14.1. The van der Waals surface area contributed by atoms with E-state index in [0.717, 1.165) is 26.1 Å². The molecule has 0 radical (unpaired) electrons. The monoisotopic (exact) mass is 320 g/mol. The average molecular weight is 321 g/mol. The summed E-state index contributed by atoms with van der Waals surface area (Å²) in [6, 6.07) is 7.03. The van der Waals surface area contributed by atoms with Crippen LogP contribution in [0.25, 0.3) is 11.1 Å². The van der Waals surface area contributed by atoms with Crippen LogP contribution in [0.1, 0.15) is 24.0 Å². The maximum Gasteiger partial charge on any atom is 0.0568 e. The molecular formula is C17H25ClN4. The summed E-state index contributed by atoms with van der Waals surface area (Å²) in [5.41, 5.74) is 11.2. The number of hydrogen-bond acceptors (Lipinski definition) is 3. The van der Waals surface area contributed by atoms with Gasteiger partial charge in [-0.3, -0.25) is 9.58 Å². The first kappa shape index (κ1) is 17.0. The number of aromatic nitrogens is 2. The molecule has 0 aliphatic carbocycles. The van der Waals surface area contributed by atoms with Crippen molar-refractivity contribution in [2.24, 2.45) is 12.8 Å². The maximum atomic E-state index is 6.10. The fourth-order valence-corrected chi connectivity index (χ4v) is 3.13. The predicted molar refractivity (Wildman–Crippen MR) is 93.1 cm³/mol. The molecule has 1 fully saturated rings. The highest BCUT2D eigenvalue weighted by Crippen LogP contribution is 2.26. The third-order valence-corrected chi connectivity index (χ3v) is 4.22. The smallest absolute Gasteiger partial charge is 0.0568 e. The van der Waals surface area contributed by atoms with Crippen molar-refractivity contribution in [3.63, 3.8) is 0 Å². The van der Waals surface area contributed by atoms with Crippen LogP contribution in [-0.2, 0) is 13.6 Å². The number of likely N-dealkylation sites (tertiary alicyclic amines) is 1. The molecule has 1 aliphatic rings. The van der Waals surface area contributed by atoms with Crippen LogP contribution in [-0.4, -0.2) is 33.8 Å². The molecule has 0 unspecified atom stereocenters. The molecule has 1 aromatic carbocycles. The average Bonchev–Trinajstić information content (AvgIpc) is 2.87. The van der Waals surface area contributed by atoms with Gasteiger partial charge >= 0.3 is 0 Å². The minimum atomic E-state index is 0. The number of benzene rings is 1. The van der Waals surface area contributed by atoms with Gasteiger partial charge in [0.05, 0.1) is 6.20 Å². The van der Waals surface area contributed by atoms with Gasteiger partial charge in [-0.15, -0.1) is 12.4 Å². The second-order valence-corrected chi connectivity index (χ2v) is 6.20. The SMILES string of the molecule is Cc1ccc(CN2CCC[C@@H](N)C2)c(-c2cnn(C)c2)c1.Cl. The highest BCUT2D eigenvalue weighted by atomic mass is 35.5. The van der Waals surface area contributed by atoms with Gasteiger partial charge in [-0.05, 0) is 37.4 Å². The van der Waals surface area contributed by atoms with Gasteiger partial charge in [0.25, 0.3) is 0 Å². The molecule has 0 spiro atoms. The minimum absolute atomic E-state index is 0. The van der Waals surface area contributed by atoms with Gasteiger partial charge in [-0.2, -0.15) is 5.10 Å². The number of piperidine rings is 1. The van der Waals surface area contributed by atoms with Gasteiger partial charge in [-0.25, -0.2) is 0 Å². The summed E-state index contributed by atoms with van der Waals surface area (Å²) < 4.78 is 1.86. The maximum absolute atomic E-state index is 6.10. The largest absolute Gasteiger partial charge is 0.327 e. The molecule has 5 heteroatoms. The standard InChI is InChI=1S/C17H24N4.ClH/c1-13-5-6-14(11-21-7-3-4-16(18)12-21)17(8-13)15-9-19-20(2)10-15;/h5-6,8-10,16H,3-4,7,11-12,18H2,1-2H3;1H/t16-;/m1./s1. The van der Waals surface area contributed by atoms with Crippen LogP contribution in [0, 0.1) is 6.92 Å². The first-order valence-corrected chi connectivity index (χ1v) is 7.68. The van der Waals surface area contributed by atoms with E-state index < -0.39 is 0 Å². The van der Waals surface area contributed by atoms with Crippen molar-refractivity contribution in [2.45, 2.75) is 32.4 Å². The first-order valence-electron chi connectivity index (χ1n) is 7.68. The van der Waals surface area contributed by atoms with Gasteiger partial charge in [0, 0.05) is 37.9 Å². The van der Waals surface area contributed by atoms with E-state index in [2.05, 4.69) is 41.3 Å². The number of aryl methyl sites for hydroxylation is 2. The molecule has 3 rings (SSSR count). The van der Waals surface area contributed by atoms with Gasteiger partial charge < -0.3 is 5.73 Å². The van der Waals surface area contributed by atoms with Gasteiger partial charge in [-0.1, -0.05) is 23.8 Å². The molecule has 2 aromatic rings. The van der Waals surface area contributed by atoms with E-state index in [-0.39, 0.29) is 12.4 Å². The van der Waals surface area contributed by atoms with E-state index in [1.807, 2.05) is 17.9 Å². The predicted octanol–water partition coefficient (Wildman–Crippen LogP) is 2.74. The Bertz CT molecular complexity index is 623. The van der Waals surface area contributed by atoms with Gasteiger partial charge in [0.1, 0.15) is 0 Å². The number of halogens is 1. The fourth-order valence-electron chi connectivity index (χ4n) is 3.13. The van der Waals surface area contributed by atoms with Crippen molar-refractivity contribution in [1.82, 2.24) is 14.7 Å². The van der Waals surface area contributed by atoms with Gasteiger partial charge in [0.15, 0.2) is 0 Å². The second kappa shape index (κ2) is 7.27. The van der Waals surface area contributed by atoms with Crippen LogP contribution >= 0.6 is 12.4 Å². The first-order chi connectivity index (χ1) is 10.1. The number of hydrogen-bond donors (Lipinski definition) is 1. The van der Waals surface area contributed by atoms with Crippen LogP contribution in [0.2, 0.25) is 0 Å². The molecule has 1 saturated heterocycles. The van der Waals surface area contributed by atoms with Crippen molar-refractivity contribution in [1.29, 1.82) is 0 Å². The third-order valence-electron chi connectivity index (χ3n) is 4.22. The van der Waals surface area contributed by atoms with Crippen molar-refractivity contribution in [3.8, 4) is 11.1 Å². The summed E-state index contributed by atoms with van der Waals surface area (Å²) in [7, 11) is 1.96. The Morgan fingerprint density at radius 1 is 1.36 bits per heavy atom. The summed E-state index contributed by atoms with van der Waals surface area (Å²) in [6.07, 6.45) is 6.38. The summed E-state index contributed by atoms with van der Waals surface area (Å²) >= 11 is 0. The molecular weight excluding hydrogens is 296 g/mol. The van der Waals surface area contributed by atoms with Gasteiger partial charge in [0.2, 0.25) is 0 Å². The Morgan fingerprint density at radius 2 is 2.18 bits per heavy atom. The van der Waals surface area contributed by atoms with Crippen LogP contribution in [0.15, 0.2) is 30.6 Å². The molecule has 1 aromatic heterocycles. The molecule has 0 saturated carbocycles. The molecule has 2 heterocycles. The second-order valence-electron chi connectivity index (χ2n) is 6.20. The molecule has 2 N–H and O–H groups in total. The Kier molecular flexibility index (Phi) is 5.62. The van der Waals surface area contributed by atoms with E-state index in [4.69, 9.17) is 5.73 Å². The number of nitrogens with zero attached hydrogens (tertiary/aromatic N) is 3. The highest BCUT2D eigenvalue weighted by Gasteiger charge is 2.18. The molecule has 22 heavy (non-hydrogen) atoms. The summed E-state index contributed by atoms with van der Waals surface area (Å²) in [5, 5.41) is 4.31. The fraction of sp³-hybridized carbons (Fsp3) is 0.471. The van der Waals surface area contributed by atoms with Crippen LogP contribution in [0.5, 0.6) is 0 Å². The van der Waals surface area contributed by atoms with Crippen LogP contribution in [0.4, 0.5) is 0 Å². The van der Waals surface area contributed by atoms with Crippen molar-refractivity contribution in [3.05, 3.63) is 41.7 Å². The van der Waals surface area contributed by atoms with E-state index in [9.17, 15) is 0 Å². The lowest BCUT2D eigenvalue weighted by atomic mass is 9.98. The summed E-state index contributed by atoms with van der Waals surface area (Å²) in [6.45, 7) is 5.26. The topological polar surface area (TPSA) is 47.1 Å². The molecule has 1 aliphatic heterocycles. The molecule has 0 amide bonds. The van der Waals surface area contributed by atoms with E-state index in [0.29, 0.717) is 6.04 Å². The lowest BCUT2D eigenvalue weighted by molar-refractivity contribution is 0.202. The lowest BCUT2D eigenvalue weighted by Crippen LogP contribution is -2.42. The number of rotatable bonds is 3. The highest BCUT2D eigenvalue weighted by molar-refractivity contribution is 5.85. The zero-order valence-electron chi connectivity index (χ0n) is 13.3. The molecule has 1 atom stereocenters. The van der Waals surface area contributed by atoms with E-state index in [1.54, 1.807) is 0 Å². The van der Waals surface area contributed by atoms with Crippen molar-refractivity contribution >= 4 is 12.4 Å². The molecule has 0 bridgehead atoms. The van der Waals surface area contributed by atoms with E-state index >= 15 is 0 Å².